The Balaban J connectivity index is 2.10. The Kier molecular flexibility index (Phi) is 4.85. The number of aromatic nitrogens is 1. The highest BCUT2D eigenvalue weighted by molar-refractivity contribution is 5.96. The third kappa shape index (κ3) is 3.30. The van der Waals surface area contributed by atoms with Gasteiger partial charge in [-0.25, -0.2) is 4.79 Å². The summed E-state index contributed by atoms with van der Waals surface area (Å²) < 4.78 is 5.11. The number of benzene rings is 1. The molecule has 2 aromatic rings. The third-order valence-corrected chi connectivity index (χ3v) is 3.75. The molecule has 22 heavy (non-hydrogen) atoms. The normalized spacial score (nSPS) is 10.7. The second-order valence-corrected chi connectivity index (χ2v) is 5.37. The number of fused-ring (bicyclic) bond motifs is 1. The lowest BCUT2D eigenvalue weighted by molar-refractivity contribution is -0.134. The van der Waals surface area contributed by atoms with E-state index in [1.807, 2.05) is 33.8 Å². The van der Waals surface area contributed by atoms with Gasteiger partial charge in [-0.2, -0.15) is 0 Å². The van der Waals surface area contributed by atoms with E-state index < -0.39 is 5.97 Å². The number of aryl methyl sites for hydroxylation is 2. The number of rotatable bonds is 5. The minimum absolute atomic E-state index is 0.179. The van der Waals surface area contributed by atoms with Crippen molar-refractivity contribution in [2.45, 2.75) is 27.7 Å². The Labute approximate surface area is 130 Å². The lowest BCUT2D eigenvalue weighted by Crippen LogP contribution is -2.34. The number of nitrogens with one attached hydrogen (secondary N) is 1. The van der Waals surface area contributed by atoms with Crippen molar-refractivity contribution in [2.75, 3.05) is 19.7 Å². The van der Waals surface area contributed by atoms with E-state index in [4.69, 9.17) is 4.74 Å². The standard InChI is InChI=1S/C17H22N2O3/c1-5-19(6-2)16(20)10-22-17(21)15-9-13-12(4)7-11(3)8-14(13)18-15/h7-9,18H,5-6,10H2,1-4H3. The van der Waals surface area contributed by atoms with Crippen LogP contribution < -0.4 is 0 Å². The van der Waals surface area contributed by atoms with Crippen LogP contribution in [0.1, 0.15) is 35.5 Å². The van der Waals surface area contributed by atoms with E-state index in [2.05, 4.69) is 11.1 Å². The fourth-order valence-corrected chi connectivity index (χ4v) is 2.58. The second-order valence-electron chi connectivity index (χ2n) is 5.37. The Hall–Kier alpha value is -2.30. The summed E-state index contributed by atoms with van der Waals surface area (Å²) in [5, 5.41) is 0.993. The van der Waals surface area contributed by atoms with Crippen LogP contribution in [0.5, 0.6) is 0 Å². The van der Waals surface area contributed by atoms with Gasteiger partial charge in [0.05, 0.1) is 0 Å². The maximum Gasteiger partial charge on any atom is 0.355 e. The van der Waals surface area contributed by atoms with Crippen LogP contribution in [0.15, 0.2) is 18.2 Å². The fourth-order valence-electron chi connectivity index (χ4n) is 2.58. The zero-order chi connectivity index (χ0) is 16.3. The van der Waals surface area contributed by atoms with Gasteiger partial charge in [0, 0.05) is 24.0 Å². The summed E-state index contributed by atoms with van der Waals surface area (Å²) in [5.41, 5.74) is 3.50. The lowest BCUT2D eigenvalue weighted by Gasteiger charge is -2.17. The van der Waals surface area contributed by atoms with Crippen molar-refractivity contribution in [3.8, 4) is 0 Å². The highest BCUT2D eigenvalue weighted by Gasteiger charge is 2.16. The molecule has 0 atom stereocenters. The van der Waals surface area contributed by atoms with Crippen LogP contribution in [0.4, 0.5) is 0 Å². The average Bonchev–Trinajstić information content (AvgIpc) is 2.90. The monoisotopic (exact) mass is 302 g/mol. The molecule has 0 aliphatic carbocycles. The number of amides is 1. The van der Waals surface area contributed by atoms with Crippen LogP contribution in [0.2, 0.25) is 0 Å². The van der Waals surface area contributed by atoms with Crippen molar-refractivity contribution in [1.29, 1.82) is 0 Å². The number of hydrogen-bond donors (Lipinski definition) is 1. The first-order valence-electron chi connectivity index (χ1n) is 7.51. The molecule has 1 aromatic heterocycles. The summed E-state index contributed by atoms with van der Waals surface area (Å²) in [5.74, 6) is -0.685. The molecule has 0 fully saturated rings. The molecule has 0 saturated heterocycles. The van der Waals surface area contributed by atoms with Crippen LogP contribution >= 0.6 is 0 Å². The number of ether oxygens (including phenoxy) is 1. The average molecular weight is 302 g/mol. The smallest absolute Gasteiger partial charge is 0.355 e. The van der Waals surface area contributed by atoms with Crippen molar-refractivity contribution >= 4 is 22.8 Å². The van der Waals surface area contributed by atoms with Gasteiger partial charge in [-0.05, 0) is 51.0 Å². The molecule has 5 nitrogen and oxygen atoms in total. The zero-order valence-corrected chi connectivity index (χ0v) is 13.5. The van der Waals surface area contributed by atoms with Gasteiger partial charge in [-0.1, -0.05) is 6.07 Å². The molecule has 0 radical (unpaired) electrons. The van der Waals surface area contributed by atoms with E-state index >= 15 is 0 Å². The first-order valence-corrected chi connectivity index (χ1v) is 7.51. The van der Waals surface area contributed by atoms with Crippen LogP contribution in [-0.4, -0.2) is 41.5 Å². The maximum absolute atomic E-state index is 12.1. The molecular weight excluding hydrogens is 280 g/mol. The Bertz CT molecular complexity index is 699. The molecule has 2 rings (SSSR count). The van der Waals surface area contributed by atoms with Gasteiger partial charge >= 0.3 is 5.97 Å². The van der Waals surface area contributed by atoms with Crippen LogP contribution in [-0.2, 0) is 9.53 Å². The molecule has 0 aliphatic rings. The van der Waals surface area contributed by atoms with Crippen molar-refractivity contribution in [3.05, 3.63) is 35.0 Å². The first kappa shape index (κ1) is 16.1. The van der Waals surface area contributed by atoms with E-state index in [1.54, 1.807) is 11.0 Å². The summed E-state index contributed by atoms with van der Waals surface area (Å²) >= 11 is 0. The summed E-state index contributed by atoms with van der Waals surface area (Å²) in [4.78, 5) is 28.6. The van der Waals surface area contributed by atoms with Gasteiger partial charge in [-0.15, -0.1) is 0 Å². The predicted octanol–water partition coefficient (Wildman–Crippen LogP) is 2.81. The molecule has 1 N–H and O–H groups in total. The summed E-state index contributed by atoms with van der Waals surface area (Å²) in [6.07, 6.45) is 0. The van der Waals surface area contributed by atoms with E-state index in [9.17, 15) is 9.59 Å². The molecule has 0 spiro atoms. The number of likely N-dealkylation sites (N-methyl/N-ethyl adjacent to an activating group) is 1. The summed E-state index contributed by atoms with van der Waals surface area (Å²) in [6, 6.07) is 5.82. The van der Waals surface area contributed by atoms with Crippen molar-refractivity contribution in [1.82, 2.24) is 9.88 Å². The third-order valence-electron chi connectivity index (χ3n) is 3.75. The zero-order valence-electron chi connectivity index (χ0n) is 13.5. The highest BCUT2D eigenvalue weighted by atomic mass is 16.5. The van der Waals surface area contributed by atoms with Gasteiger partial charge in [0.25, 0.3) is 5.91 Å². The molecule has 0 saturated carbocycles. The molecule has 1 amide bonds. The number of carbonyl (C=O) groups excluding carboxylic acids is 2. The topological polar surface area (TPSA) is 62.4 Å². The fraction of sp³-hybridized carbons (Fsp3) is 0.412. The Morgan fingerprint density at radius 2 is 1.82 bits per heavy atom. The van der Waals surface area contributed by atoms with Crippen LogP contribution in [0.3, 0.4) is 0 Å². The molecule has 118 valence electrons. The SMILES string of the molecule is CCN(CC)C(=O)COC(=O)c1cc2c(C)cc(C)cc2[nH]1. The number of esters is 1. The quantitative estimate of drug-likeness (QED) is 0.864. The molecule has 0 unspecified atom stereocenters. The van der Waals surface area contributed by atoms with E-state index in [0.29, 0.717) is 18.8 Å². The van der Waals surface area contributed by atoms with E-state index in [-0.39, 0.29) is 12.5 Å². The van der Waals surface area contributed by atoms with Crippen molar-refractivity contribution in [3.63, 3.8) is 0 Å². The number of hydrogen-bond acceptors (Lipinski definition) is 3. The van der Waals surface area contributed by atoms with Crippen molar-refractivity contribution < 1.29 is 14.3 Å². The van der Waals surface area contributed by atoms with Crippen LogP contribution in [0.25, 0.3) is 10.9 Å². The first-order chi connectivity index (χ1) is 10.5. The largest absolute Gasteiger partial charge is 0.451 e. The molecule has 0 aliphatic heterocycles. The minimum Gasteiger partial charge on any atom is -0.451 e. The van der Waals surface area contributed by atoms with E-state index in [1.165, 1.54) is 0 Å². The molecule has 1 heterocycles. The Morgan fingerprint density at radius 3 is 2.45 bits per heavy atom. The lowest BCUT2D eigenvalue weighted by atomic mass is 10.1. The molecule has 5 heteroatoms. The summed E-state index contributed by atoms with van der Waals surface area (Å²) in [6.45, 7) is 8.79. The molecular formula is C17H22N2O3. The number of nitrogens with zero attached hydrogens (tertiary/aromatic N) is 1. The van der Waals surface area contributed by atoms with Crippen molar-refractivity contribution in [2.24, 2.45) is 0 Å². The Morgan fingerprint density at radius 1 is 1.14 bits per heavy atom. The highest BCUT2D eigenvalue weighted by Crippen LogP contribution is 2.21. The molecule has 1 aromatic carbocycles. The van der Waals surface area contributed by atoms with Crippen LogP contribution in [0, 0.1) is 13.8 Å². The number of aromatic amines is 1. The van der Waals surface area contributed by atoms with E-state index in [0.717, 1.165) is 22.0 Å². The number of H-pyrrole nitrogens is 1. The predicted molar refractivity (Wildman–Crippen MR) is 86.0 cm³/mol. The number of carbonyl (C=O) groups is 2. The van der Waals surface area contributed by atoms with Gasteiger partial charge < -0.3 is 14.6 Å². The van der Waals surface area contributed by atoms with Gasteiger partial charge in [0.1, 0.15) is 5.69 Å². The molecule has 0 bridgehead atoms. The summed E-state index contributed by atoms with van der Waals surface area (Å²) in [7, 11) is 0. The maximum atomic E-state index is 12.1. The van der Waals surface area contributed by atoms with Gasteiger partial charge in [0.2, 0.25) is 0 Å². The van der Waals surface area contributed by atoms with Gasteiger partial charge in [-0.3, -0.25) is 4.79 Å². The second kappa shape index (κ2) is 6.64. The van der Waals surface area contributed by atoms with Gasteiger partial charge in [0.15, 0.2) is 6.61 Å². The minimum atomic E-state index is -0.506.